The lowest BCUT2D eigenvalue weighted by Gasteiger charge is -2.29. The topological polar surface area (TPSA) is 76.0 Å². The normalized spacial score (nSPS) is 21.9. The third kappa shape index (κ3) is 3.01. The maximum atomic E-state index is 13.4. The molecule has 0 unspecified atom stereocenters. The average molecular weight is 342 g/mol. The molecule has 25 heavy (non-hydrogen) atoms. The van der Waals surface area contributed by atoms with Crippen LogP contribution < -0.4 is 10.6 Å². The van der Waals surface area contributed by atoms with Gasteiger partial charge in [-0.2, -0.15) is 0 Å². The summed E-state index contributed by atoms with van der Waals surface area (Å²) in [5.41, 5.74) is 2.02. The zero-order chi connectivity index (χ0) is 17.6. The monoisotopic (exact) mass is 342 g/mol. The van der Waals surface area contributed by atoms with Crippen LogP contribution in [0.1, 0.15) is 35.8 Å². The molecule has 0 fully saturated rings. The summed E-state index contributed by atoms with van der Waals surface area (Å²) in [7, 11) is 0. The predicted molar refractivity (Wildman–Crippen MR) is 89.6 cm³/mol. The fraction of sp³-hybridized carbons (Fsp3) is 0.389. The highest BCUT2D eigenvalue weighted by atomic mass is 19.1. The van der Waals surface area contributed by atoms with Gasteiger partial charge < -0.3 is 15.2 Å². The van der Waals surface area contributed by atoms with Gasteiger partial charge >= 0.3 is 0 Å². The van der Waals surface area contributed by atoms with E-state index in [4.69, 9.17) is 0 Å². The Kier molecular flexibility index (Phi) is 3.78. The first-order valence-electron chi connectivity index (χ1n) is 8.42. The lowest BCUT2D eigenvalue weighted by Crippen LogP contribution is -2.44. The van der Waals surface area contributed by atoms with Crippen LogP contribution in [0.3, 0.4) is 0 Å². The number of amides is 2. The summed E-state index contributed by atoms with van der Waals surface area (Å²) in [4.78, 5) is 29.1. The second-order valence-corrected chi connectivity index (χ2v) is 6.73. The standard InChI is InChI=1S/C18H19FN4O2/c1-10-8-23-9-12(3-5-16(23)20-10)21-18(25)14-7-17(24)22-15-6-11(19)2-4-13(14)15/h2,4,6,8,12,14H,3,5,7,9H2,1H3,(H,21,25)(H,22,24)/t12-,14-/m1/s1. The minimum absolute atomic E-state index is 0.00230. The van der Waals surface area contributed by atoms with E-state index < -0.39 is 11.7 Å². The quantitative estimate of drug-likeness (QED) is 0.875. The zero-order valence-corrected chi connectivity index (χ0v) is 13.9. The summed E-state index contributed by atoms with van der Waals surface area (Å²) < 4.78 is 15.5. The second kappa shape index (κ2) is 5.98. The van der Waals surface area contributed by atoms with Gasteiger partial charge in [-0.15, -0.1) is 0 Å². The van der Waals surface area contributed by atoms with Gasteiger partial charge in [0.05, 0.1) is 11.6 Å². The Labute approximate surface area is 144 Å². The number of hydrogen-bond donors (Lipinski definition) is 2. The summed E-state index contributed by atoms with van der Waals surface area (Å²) in [6.45, 7) is 2.63. The minimum Gasteiger partial charge on any atom is -0.351 e. The maximum absolute atomic E-state index is 13.4. The lowest BCUT2D eigenvalue weighted by molar-refractivity contribution is -0.127. The van der Waals surface area contributed by atoms with Crippen molar-refractivity contribution in [1.82, 2.24) is 14.9 Å². The van der Waals surface area contributed by atoms with Gasteiger partial charge in [-0.3, -0.25) is 9.59 Å². The molecular formula is C18H19FN4O2. The van der Waals surface area contributed by atoms with Crippen molar-refractivity contribution in [2.45, 2.75) is 44.7 Å². The van der Waals surface area contributed by atoms with Gasteiger partial charge in [0.15, 0.2) is 0 Å². The number of aryl methyl sites for hydroxylation is 2. The Morgan fingerprint density at radius 2 is 2.28 bits per heavy atom. The van der Waals surface area contributed by atoms with Crippen LogP contribution in [-0.4, -0.2) is 27.4 Å². The van der Waals surface area contributed by atoms with Crippen LogP contribution in [0.4, 0.5) is 10.1 Å². The molecule has 0 radical (unpaired) electrons. The molecule has 3 heterocycles. The van der Waals surface area contributed by atoms with E-state index in [1.54, 1.807) is 6.07 Å². The van der Waals surface area contributed by atoms with Crippen molar-refractivity contribution in [2.75, 3.05) is 5.32 Å². The Balaban J connectivity index is 1.51. The number of rotatable bonds is 2. The molecule has 0 spiro atoms. The van der Waals surface area contributed by atoms with Gasteiger partial charge in [0.25, 0.3) is 0 Å². The Hall–Kier alpha value is -2.70. The van der Waals surface area contributed by atoms with E-state index in [0.717, 1.165) is 24.4 Å². The molecule has 1 aromatic heterocycles. The van der Waals surface area contributed by atoms with E-state index >= 15 is 0 Å². The summed E-state index contributed by atoms with van der Waals surface area (Å²) >= 11 is 0. The number of halogens is 1. The van der Waals surface area contributed by atoms with Crippen molar-refractivity contribution in [3.63, 3.8) is 0 Å². The number of nitrogens with zero attached hydrogens (tertiary/aromatic N) is 2. The molecular weight excluding hydrogens is 323 g/mol. The summed E-state index contributed by atoms with van der Waals surface area (Å²) in [5, 5.41) is 5.69. The van der Waals surface area contributed by atoms with Gasteiger partial charge in [-0.1, -0.05) is 6.07 Å². The van der Waals surface area contributed by atoms with E-state index in [1.807, 2.05) is 13.1 Å². The minimum atomic E-state index is -0.588. The average Bonchev–Trinajstić information content (AvgIpc) is 2.92. The molecule has 7 heteroatoms. The molecule has 2 aliphatic heterocycles. The lowest BCUT2D eigenvalue weighted by atomic mass is 9.89. The SMILES string of the molecule is Cc1cn2c(n1)CC[C@@H](NC(=O)[C@@H]1CC(=O)Nc3cc(F)ccc31)C2. The van der Waals surface area contributed by atoms with Crippen LogP contribution in [0.2, 0.25) is 0 Å². The Bertz CT molecular complexity index is 861. The van der Waals surface area contributed by atoms with Crippen LogP contribution in [-0.2, 0) is 22.6 Å². The van der Waals surface area contributed by atoms with Crippen LogP contribution >= 0.6 is 0 Å². The highest BCUT2D eigenvalue weighted by molar-refractivity contribution is 6.01. The fourth-order valence-corrected chi connectivity index (χ4v) is 3.68. The molecule has 2 atom stereocenters. The number of aromatic nitrogens is 2. The highest BCUT2D eigenvalue weighted by Crippen LogP contribution is 2.33. The van der Waals surface area contributed by atoms with Crippen LogP contribution in [0.15, 0.2) is 24.4 Å². The predicted octanol–water partition coefficient (Wildman–Crippen LogP) is 1.89. The first kappa shape index (κ1) is 15.8. The van der Waals surface area contributed by atoms with E-state index in [1.165, 1.54) is 12.1 Å². The summed E-state index contributed by atoms with van der Waals surface area (Å²) in [5.74, 6) is -0.436. The van der Waals surface area contributed by atoms with Gasteiger partial charge in [-0.25, -0.2) is 9.37 Å². The van der Waals surface area contributed by atoms with Gasteiger partial charge in [0.2, 0.25) is 11.8 Å². The summed E-state index contributed by atoms with van der Waals surface area (Å²) in [6, 6.07) is 4.15. The van der Waals surface area contributed by atoms with E-state index in [-0.39, 0.29) is 24.3 Å². The number of carbonyl (C=O) groups is 2. The summed E-state index contributed by atoms with van der Waals surface area (Å²) in [6.07, 6.45) is 3.69. The number of nitrogens with one attached hydrogen (secondary N) is 2. The van der Waals surface area contributed by atoms with Gasteiger partial charge in [-0.05, 0) is 31.0 Å². The number of anilines is 1. The van der Waals surface area contributed by atoms with Crippen molar-refractivity contribution in [3.05, 3.63) is 47.3 Å². The number of benzene rings is 1. The molecule has 0 aliphatic carbocycles. The molecule has 2 amide bonds. The fourth-order valence-electron chi connectivity index (χ4n) is 3.68. The molecule has 0 saturated carbocycles. The molecule has 130 valence electrons. The first-order valence-corrected chi connectivity index (χ1v) is 8.42. The number of imidazole rings is 1. The van der Waals surface area contributed by atoms with Crippen LogP contribution in [0.5, 0.6) is 0 Å². The van der Waals surface area contributed by atoms with Crippen molar-refractivity contribution < 1.29 is 14.0 Å². The molecule has 4 rings (SSSR count). The molecule has 1 aromatic carbocycles. The van der Waals surface area contributed by atoms with Gasteiger partial charge in [0.1, 0.15) is 11.6 Å². The second-order valence-electron chi connectivity index (χ2n) is 6.73. The third-order valence-electron chi connectivity index (χ3n) is 4.83. The van der Waals surface area contributed by atoms with Crippen molar-refractivity contribution in [3.8, 4) is 0 Å². The number of carbonyl (C=O) groups excluding carboxylic acids is 2. The van der Waals surface area contributed by atoms with Crippen LogP contribution in [0.25, 0.3) is 0 Å². The zero-order valence-electron chi connectivity index (χ0n) is 13.9. The maximum Gasteiger partial charge on any atom is 0.228 e. The highest BCUT2D eigenvalue weighted by Gasteiger charge is 2.32. The van der Waals surface area contributed by atoms with Crippen molar-refractivity contribution in [2.24, 2.45) is 0 Å². The van der Waals surface area contributed by atoms with Crippen molar-refractivity contribution >= 4 is 17.5 Å². The smallest absolute Gasteiger partial charge is 0.228 e. The van der Waals surface area contributed by atoms with Crippen LogP contribution in [0, 0.1) is 12.7 Å². The molecule has 2 N–H and O–H groups in total. The Morgan fingerprint density at radius 3 is 3.12 bits per heavy atom. The van der Waals surface area contributed by atoms with E-state index in [9.17, 15) is 14.0 Å². The molecule has 2 aliphatic rings. The molecule has 2 aromatic rings. The van der Waals surface area contributed by atoms with E-state index in [2.05, 4.69) is 20.2 Å². The number of fused-ring (bicyclic) bond motifs is 2. The molecule has 0 saturated heterocycles. The van der Waals surface area contributed by atoms with Gasteiger partial charge in [0, 0.05) is 37.3 Å². The third-order valence-corrected chi connectivity index (χ3v) is 4.83. The Morgan fingerprint density at radius 1 is 1.44 bits per heavy atom. The largest absolute Gasteiger partial charge is 0.351 e. The molecule has 6 nitrogen and oxygen atoms in total. The molecule has 0 bridgehead atoms. The van der Waals surface area contributed by atoms with E-state index in [0.29, 0.717) is 17.8 Å². The number of hydrogen-bond acceptors (Lipinski definition) is 3. The van der Waals surface area contributed by atoms with Crippen molar-refractivity contribution in [1.29, 1.82) is 0 Å². The first-order chi connectivity index (χ1) is 12.0.